The van der Waals surface area contributed by atoms with E-state index in [1.165, 1.54) is 0 Å². The molecule has 4 nitrogen and oxygen atoms in total. The van der Waals surface area contributed by atoms with Gasteiger partial charge in [-0.05, 0) is 44.6 Å². The van der Waals surface area contributed by atoms with E-state index in [4.69, 9.17) is 9.47 Å². The molecule has 4 heteroatoms. The predicted octanol–water partition coefficient (Wildman–Crippen LogP) is 1.27. The quantitative estimate of drug-likeness (QED) is 0.828. The van der Waals surface area contributed by atoms with Crippen molar-refractivity contribution < 1.29 is 14.6 Å². The Kier molecular flexibility index (Phi) is 3.54. The van der Waals surface area contributed by atoms with Gasteiger partial charge >= 0.3 is 0 Å². The second kappa shape index (κ2) is 4.94. The van der Waals surface area contributed by atoms with Gasteiger partial charge in [-0.15, -0.1) is 0 Å². The molecule has 1 unspecified atom stereocenters. The molecule has 0 spiro atoms. The van der Waals surface area contributed by atoms with Gasteiger partial charge in [-0.3, -0.25) is 0 Å². The van der Waals surface area contributed by atoms with Crippen LogP contribution < -0.4 is 14.8 Å². The predicted molar refractivity (Wildman–Crippen MR) is 65.5 cm³/mol. The summed E-state index contributed by atoms with van der Waals surface area (Å²) in [4.78, 5) is 0. The Balaban J connectivity index is 2.20. The van der Waals surface area contributed by atoms with E-state index in [0.717, 1.165) is 23.6 Å². The third kappa shape index (κ3) is 2.70. The lowest BCUT2D eigenvalue weighted by atomic mass is 9.92. The monoisotopic (exact) mass is 237 g/mol. The molecule has 1 aliphatic rings. The molecule has 0 aliphatic carbocycles. The fraction of sp³-hybridized carbons (Fsp3) is 0.538. The number of rotatable bonds is 4. The molecule has 1 aromatic rings. The second-order valence-electron chi connectivity index (χ2n) is 4.49. The van der Waals surface area contributed by atoms with Crippen molar-refractivity contribution in [1.29, 1.82) is 0 Å². The zero-order valence-corrected chi connectivity index (χ0v) is 10.3. The zero-order valence-electron chi connectivity index (χ0n) is 10.3. The van der Waals surface area contributed by atoms with E-state index >= 15 is 0 Å². The molecule has 1 aliphatic heterocycles. The zero-order chi connectivity index (χ0) is 12.3. The number of nitrogens with one attached hydrogen (secondary N) is 1. The van der Waals surface area contributed by atoms with E-state index in [-0.39, 0.29) is 0 Å². The first kappa shape index (κ1) is 12.2. The van der Waals surface area contributed by atoms with Gasteiger partial charge in [0.1, 0.15) is 13.2 Å². The van der Waals surface area contributed by atoms with Crippen LogP contribution in [0.2, 0.25) is 0 Å². The van der Waals surface area contributed by atoms with Gasteiger partial charge < -0.3 is 19.9 Å². The second-order valence-corrected chi connectivity index (χ2v) is 4.49. The van der Waals surface area contributed by atoms with Crippen LogP contribution in [-0.4, -0.2) is 31.9 Å². The number of hydrogen-bond acceptors (Lipinski definition) is 4. The molecule has 1 heterocycles. The third-order valence-electron chi connectivity index (χ3n) is 3.03. The van der Waals surface area contributed by atoms with Gasteiger partial charge in [-0.2, -0.15) is 0 Å². The molecular formula is C13H19NO3. The molecule has 1 atom stereocenters. The summed E-state index contributed by atoms with van der Waals surface area (Å²) in [7, 11) is 1.87. The highest BCUT2D eigenvalue weighted by atomic mass is 16.6. The Morgan fingerprint density at radius 1 is 1.29 bits per heavy atom. The largest absolute Gasteiger partial charge is 0.486 e. The average Bonchev–Trinajstić information content (AvgIpc) is 2.36. The van der Waals surface area contributed by atoms with Crippen molar-refractivity contribution >= 4 is 0 Å². The maximum atomic E-state index is 10.4. The van der Waals surface area contributed by atoms with E-state index < -0.39 is 5.60 Å². The Bertz CT molecular complexity index is 390. The molecule has 0 amide bonds. The lowest BCUT2D eigenvalue weighted by Crippen LogP contribution is -2.26. The summed E-state index contributed by atoms with van der Waals surface area (Å²) in [5.74, 6) is 1.47. The summed E-state index contributed by atoms with van der Waals surface area (Å²) in [6.07, 6.45) is 0.656. The normalized spacial score (nSPS) is 17.6. The topological polar surface area (TPSA) is 50.7 Å². The minimum absolute atomic E-state index is 0.565. The number of hydrogen-bond donors (Lipinski definition) is 2. The molecule has 0 radical (unpaired) electrons. The van der Waals surface area contributed by atoms with Crippen LogP contribution in [0, 0.1) is 0 Å². The molecule has 94 valence electrons. The highest BCUT2D eigenvalue weighted by molar-refractivity contribution is 5.45. The van der Waals surface area contributed by atoms with Crippen molar-refractivity contribution in [3.05, 3.63) is 23.8 Å². The van der Waals surface area contributed by atoms with Gasteiger partial charge in [0.2, 0.25) is 0 Å². The van der Waals surface area contributed by atoms with Crippen molar-refractivity contribution in [2.24, 2.45) is 0 Å². The molecule has 0 fully saturated rings. The molecule has 2 rings (SSSR count). The van der Waals surface area contributed by atoms with Crippen molar-refractivity contribution in [3.8, 4) is 11.5 Å². The van der Waals surface area contributed by atoms with E-state index in [2.05, 4.69) is 5.32 Å². The molecule has 1 aromatic carbocycles. The van der Waals surface area contributed by atoms with E-state index in [1.807, 2.05) is 32.2 Å². The maximum absolute atomic E-state index is 10.4. The highest BCUT2D eigenvalue weighted by Gasteiger charge is 2.24. The number of fused-ring (bicyclic) bond motifs is 1. The molecule has 0 saturated heterocycles. The van der Waals surface area contributed by atoms with Gasteiger partial charge in [0.25, 0.3) is 0 Å². The molecule has 17 heavy (non-hydrogen) atoms. The fourth-order valence-corrected chi connectivity index (χ4v) is 1.89. The summed E-state index contributed by atoms with van der Waals surface area (Å²) in [5.41, 5.74) is 0.00997. The van der Waals surface area contributed by atoms with Gasteiger partial charge in [0, 0.05) is 0 Å². The molecule has 2 N–H and O–H groups in total. The average molecular weight is 237 g/mol. The Labute approximate surface area is 102 Å². The van der Waals surface area contributed by atoms with Crippen LogP contribution >= 0.6 is 0 Å². The summed E-state index contributed by atoms with van der Waals surface area (Å²) >= 11 is 0. The van der Waals surface area contributed by atoms with Crippen LogP contribution in [-0.2, 0) is 5.60 Å². The molecule has 0 saturated carbocycles. The van der Waals surface area contributed by atoms with E-state index in [1.54, 1.807) is 0 Å². The SMILES string of the molecule is CNCCC(C)(O)c1ccc2c(c1)OCCO2. The van der Waals surface area contributed by atoms with Crippen molar-refractivity contribution in [2.75, 3.05) is 26.8 Å². The van der Waals surface area contributed by atoms with Crippen LogP contribution in [0.5, 0.6) is 11.5 Å². The fourth-order valence-electron chi connectivity index (χ4n) is 1.89. The van der Waals surface area contributed by atoms with Crippen LogP contribution in [0.3, 0.4) is 0 Å². The van der Waals surface area contributed by atoms with E-state index in [9.17, 15) is 5.11 Å². The smallest absolute Gasteiger partial charge is 0.161 e. The van der Waals surface area contributed by atoms with Crippen LogP contribution in [0.4, 0.5) is 0 Å². The van der Waals surface area contributed by atoms with Crippen LogP contribution in [0.1, 0.15) is 18.9 Å². The minimum Gasteiger partial charge on any atom is -0.486 e. The van der Waals surface area contributed by atoms with Gasteiger partial charge in [-0.25, -0.2) is 0 Å². The Morgan fingerprint density at radius 3 is 2.71 bits per heavy atom. The Hall–Kier alpha value is -1.26. The van der Waals surface area contributed by atoms with Gasteiger partial charge in [0.05, 0.1) is 5.60 Å². The molecule has 0 aromatic heterocycles. The highest BCUT2D eigenvalue weighted by Crippen LogP contribution is 2.35. The third-order valence-corrected chi connectivity index (χ3v) is 3.03. The number of ether oxygens (including phenoxy) is 2. The standard InChI is InChI=1S/C13H19NO3/c1-13(15,5-6-14-2)10-3-4-11-12(9-10)17-8-7-16-11/h3-4,9,14-15H,5-8H2,1-2H3. The summed E-state index contributed by atoms with van der Waals surface area (Å²) < 4.78 is 11.0. The molecular weight excluding hydrogens is 218 g/mol. The van der Waals surface area contributed by atoms with Crippen molar-refractivity contribution in [1.82, 2.24) is 5.32 Å². The van der Waals surface area contributed by atoms with Crippen LogP contribution in [0.15, 0.2) is 18.2 Å². The lowest BCUT2D eigenvalue weighted by molar-refractivity contribution is 0.0478. The van der Waals surface area contributed by atoms with Gasteiger partial charge in [-0.1, -0.05) is 6.07 Å². The van der Waals surface area contributed by atoms with Gasteiger partial charge in [0.15, 0.2) is 11.5 Å². The van der Waals surface area contributed by atoms with E-state index in [0.29, 0.717) is 19.6 Å². The summed E-state index contributed by atoms with van der Waals surface area (Å²) in [5, 5.41) is 13.4. The van der Waals surface area contributed by atoms with Crippen molar-refractivity contribution in [2.45, 2.75) is 18.9 Å². The molecule has 0 bridgehead atoms. The Morgan fingerprint density at radius 2 is 2.00 bits per heavy atom. The summed E-state index contributed by atoms with van der Waals surface area (Å²) in [6, 6.07) is 5.62. The first-order valence-corrected chi connectivity index (χ1v) is 5.90. The maximum Gasteiger partial charge on any atom is 0.161 e. The first-order valence-electron chi connectivity index (χ1n) is 5.90. The lowest BCUT2D eigenvalue weighted by Gasteiger charge is -2.26. The van der Waals surface area contributed by atoms with Crippen LogP contribution in [0.25, 0.3) is 0 Å². The first-order chi connectivity index (χ1) is 8.13. The minimum atomic E-state index is -0.848. The number of aliphatic hydroxyl groups is 1. The summed E-state index contributed by atoms with van der Waals surface area (Å²) in [6.45, 7) is 3.73. The number of benzene rings is 1. The van der Waals surface area contributed by atoms with Crippen molar-refractivity contribution in [3.63, 3.8) is 0 Å².